The van der Waals surface area contributed by atoms with E-state index in [9.17, 15) is 9.90 Å². The van der Waals surface area contributed by atoms with Gasteiger partial charge in [-0.15, -0.1) is 11.3 Å². The van der Waals surface area contributed by atoms with Crippen LogP contribution in [0.4, 0.5) is 0 Å². The number of Topliss-reactive ketones (excluding diaryl/α,β-unsaturated/α-hetero) is 1. The fraction of sp³-hybridized carbons (Fsp3) is 0.450. The number of hydrogen-bond donors (Lipinski definition) is 1. The van der Waals surface area contributed by atoms with E-state index in [4.69, 9.17) is 0 Å². The molecule has 1 N–H and O–H groups in total. The number of rotatable bonds is 3. The van der Waals surface area contributed by atoms with Gasteiger partial charge >= 0.3 is 0 Å². The number of hydrogen-bond acceptors (Lipinski definition) is 3. The van der Waals surface area contributed by atoms with Crippen LogP contribution < -0.4 is 0 Å². The molecule has 1 aliphatic carbocycles. The Kier molecular flexibility index (Phi) is 4.19. The van der Waals surface area contributed by atoms with Crippen molar-refractivity contribution in [3.63, 3.8) is 0 Å². The lowest BCUT2D eigenvalue weighted by atomic mass is 9.74. The maximum Gasteiger partial charge on any atom is 0.161 e. The molecule has 3 heteroatoms. The van der Waals surface area contributed by atoms with Crippen LogP contribution in [0.15, 0.2) is 24.3 Å². The molecule has 2 aromatic rings. The zero-order chi connectivity index (χ0) is 16.8. The SMILES string of the molecule is CCc1ccccc1-c1sc2c(c1C(C)=O)CC(C)(C)CC2O. The van der Waals surface area contributed by atoms with Crippen LogP contribution in [0.2, 0.25) is 0 Å². The minimum absolute atomic E-state index is 0.0270. The van der Waals surface area contributed by atoms with Gasteiger partial charge in [0.2, 0.25) is 0 Å². The lowest BCUT2D eigenvalue weighted by molar-refractivity contribution is 0.0988. The summed E-state index contributed by atoms with van der Waals surface area (Å²) >= 11 is 1.61. The van der Waals surface area contributed by atoms with Crippen molar-refractivity contribution in [3.05, 3.63) is 45.8 Å². The number of ketones is 1. The molecular formula is C20H24O2S. The number of aryl methyl sites for hydroxylation is 1. The maximum absolute atomic E-state index is 12.4. The van der Waals surface area contributed by atoms with Crippen LogP contribution in [0.25, 0.3) is 10.4 Å². The fourth-order valence-electron chi connectivity index (χ4n) is 3.71. The minimum Gasteiger partial charge on any atom is -0.388 e. The molecule has 1 aliphatic rings. The first-order chi connectivity index (χ1) is 10.8. The third-order valence-corrected chi connectivity index (χ3v) is 6.10. The van der Waals surface area contributed by atoms with Gasteiger partial charge in [-0.05, 0) is 48.3 Å². The Balaban J connectivity index is 2.26. The molecule has 23 heavy (non-hydrogen) atoms. The highest BCUT2D eigenvalue weighted by molar-refractivity contribution is 7.16. The van der Waals surface area contributed by atoms with Gasteiger partial charge in [0.1, 0.15) is 0 Å². The zero-order valence-corrected chi connectivity index (χ0v) is 15.1. The molecule has 0 amide bonds. The number of aliphatic hydroxyl groups is 1. The van der Waals surface area contributed by atoms with Crippen LogP contribution in [0.1, 0.15) is 66.6 Å². The molecule has 0 spiro atoms. The smallest absolute Gasteiger partial charge is 0.161 e. The van der Waals surface area contributed by atoms with E-state index in [0.717, 1.165) is 45.7 Å². The third-order valence-electron chi connectivity index (χ3n) is 4.74. The molecular weight excluding hydrogens is 304 g/mol. The zero-order valence-electron chi connectivity index (χ0n) is 14.3. The summed E-state index contributed by atoms with van der Waals surface area (Å²) in [6.45, 7) is 8.12. The second-order valence-electron chi connectivity index (χ2n) is 7.28. The van der Waals surface area contributed by atoms with E-state index in [1.54, 1.807) is 18.3 Å². The standard InChI is InChI=1S/C20H24O2S/c1-5-13-8-6-7-9-14(13)19-17(12(2)21)15-10-20(3,4)11-16(22)18(15)23-19/h6-9,16,22H,5,10-11H2,1-4H3. The summed E-state index contributed by atoms with van der Waals surface area (Å²) in [5, 5.41) is 10.6. The number of thiophene rings is 1. The average Bonchev–Trinajstić information content (AvgIpc) is 2.85. The lowest BCUT2D eigenvalue weighted by Crippen LogP contribution is -2.25. The van der Waals surface area contributed by atoms with Crippen molar-refractivity contribution in [3.8, 4) is 10.4 Å². The summed E-state index contributed by atoms with van der Waals surface area (Å²) in [4.78, 5) is 14.4. The molecule has 1 atom stereocenters. The van der Waals surface area contributed by atoms with E-state index in [2.05, 4.69) is 32.9 Å². The van der Waals surface area contributed by atoms with Crippen molar-refractivity contribution in [2.24, 2.45) is 5.41 Å². The first-order valence-corrected chi connectivity index (χ1v) is 9.08. The number of carbonyl (C=O) groups excluding carboxylic acids is 1. The summed E-state index contributed by atoms with van der Waals surface area (Å²) in [5.74, 6) is 0.105. The van der Waals surface area contributed by atoms with Gasteiger partial charge < -0.3 is 5.11 Å². The van der Waals surface area contributed by atoms with Crippen LogP contribution in [0, 0.1) is 5.41 Å². The Labute approximate surface area is 142 Å². The highest BCUT2D eigenvalue weighted by Gasteiger charge is 2.36. The van der Waals surface area contributed by atoms with E-state index in [-0.39, 0.29) is 11.2 Å². The third kappa shape index (κ3) is 2.88. The second-order valence-corrected chi connectivity index (χ2v) is 8.33. The van der Waals surface area contributed by atoms with Crippen LogP contribution in [0.5, 0.6) is 0 Å². The summed E-state index contributed by atoms with van der Waals surface area (Å²) in [6, 6.07) is 8.29. The molecule has 0 saturated carbocycles. The van der Waals surface area contributed by atoms with Crippen molar-refractivity contribution in [1.82, 2.24) is 0 Å². The van der Waals surface area contributed by atoms with Gasteiger partial charge in [0.15, 0.2) is 5.78 Å². The first kappa shape index (κ1) is 16.4. The summed E-state index contributed by atoms with van der Waals surface area (Å²) in [6.07, 6.45) is 2.09. The predicted octanol–water partition coefficient (Wildman–Crippen LogP) is 5.19. The topological polar surface area (TPSA) is 37.3 Å². The van der Waals surface area contributed by atoms with Crippen molar-refractivity contribution in [2.75, 3.05) is 0 Å². The molecule has 1 heterocycles. The highest BCUT2D eigenvalue weighted by Crippen LogP contribution is 2.49. The highest BCUT2D eigenvalue weighted by atomic mass is 32.1. The van der Waals surface area contributed by atoms with Gasteiger partial charge in [0, 0.05) is 15.3 Å². The summed E-state index contributed by atoms with van der Waals surface area (Å²) in [7, 11) is 0. The summed E-state index contributed by atoms with van der Waals surface area (Å²) < 4.78 is 0. The van der Waals surface area contributed by atoms with E-state index in [0.29, 0.717) is 0 Å². The molecule has 0 fully saturated rings. The predicted molar refractivity (Wildman–Crippen MR) is 96.2 cm³/mol. The van der Waals surface area contributed by atoms with Crippen molar-refractivity contribution in [1.29, 1.82) is 0 Å². The lowest BCUT2D eigenvalue weighted by Gasteiger charge is -2.33. The molecule has 1 aromatic carbocycles. The Bertz CT molecular complexity index is 755. The van der Waals surface area contributed by atoms with Gasteiger partial charge in [-0.3, -0.25) is 4.79 Å². The van der Waals surface area contributed by atoms with Gasteiger partial charge in [-0.2, -0.15) is 0 Å². The van der Waals surface area contributed by atoms with Gasteiger partial charge in [-0.25, -0.2) is 0 Å². The molecule has 1 aromatic heterocycles. The van der Waals surface area contributed by atoms with Gasteiger partial charge in [-0.1, -0.05) is 45.0 Å². The Morgan fingerprint density at radius 2 is 2.04 bits per heavy atom. The largest absolute Gasteiger partial charge is 0.388 e. The normalized spacial score (nSPS) is 19.4. The molecule has 0 aliphatic heterocycles. The van der Waals surface area contributed by atoms with Crippen molar-refractivity contribution >= 4 is 17.1 Å². The van der Waals surface area contributed by atoms with Crippen molar-refractivity contribution < 1.29 is 9.90 Å². The molecule has 0 radical (unpaired) electrons. The molecule has 2 nitrogen and oxygen atoms in total. The van der Waals surface area contributed by atoms with Gasteiger partial charge in [0.05, 0.1) is 6.10 Å². The van der Waals surface area contributed by atoms with E-state index in [1.165, 1.54) is 5.56 Å². The molecule has 122 valence electrons. The molecule has 3 rings (SSSR count). The maximum atomic E-state index is 12.4. The first-order valence-electron chi connectivity index (χ1n) is 8.27. The number of aliphatic hydroxyl groups excluding tert-OH is 1. The fourth-order valence-corrected chi connectivity index (χ4v) is 5.12. The quantitative estimate of drug-likeness (QED) is 0.788. The Hall–Kier alpha value is -1.45. The molecule has 1 unspecified atom stereocenters. The monoisotopic (exact) mass is 328 g/mol. The Morgan fingerprint density at radius 1 is 1.35 bits per heavy atom. The van der Waals surface area contributed by atoms with E-state index < -0.39 is 6.10 Å². The Morgan fingerprint density at radius 3 is 2.70 bits per heavy atom. The number of benzene rings is 1. The van der Waals surface area contributed by atoms with Crippen LogP contribution in [-0.2, 0) is 12.8 Å². The van der Waals surface area contributed by atoms with Crippen LogP contribution in [-0.4, -0.2) is 10.9 Å². The molecule has 0 saturated heterocycles. The molecule has 0 bridgehead atoms. The van der Waals surface area contributed by atoms with E-state index in [1.807, 2.05) is 12.1 Å². The van der Waals surface area contributed by atoms with Crippen LogP contribution in [0.3, 0.4) is 0 Å². The number of carbonyl (C=O) groups is 1. The second kappa shape index (κ2) is 5.88. The van der Waals surface area contributed by atoms with Crippen molar-refractivity contribution in [2.45, 2.75) is 53.1 Å². The van der Waals surface area contributed by atoms with Gasteiger partial charge in [0.25, 0.3) is 0 Å². The average molecular weight is 328 g/mol. The summed E-state index contributed by atoms with van der Waals surface area (Å²) in [5.41, 5.74) is 4.33. The van der Waals surface area contributed by atoms with Crippen LogP contribution >= 0.6 is 11.3 Å². The van der Waals surface area contributed by atoms with E-state index >= 15 is 0 Å². The minimum atomic E-state index is -0.459. The number of fused-ring (bicyclic) bond motifs is 1.